The van der Waals surface area contributed by atoms with Crippen LogP contribution in [0.1, 0.15) is 188 Å². The van der Waals surface area contributed by atoms with Crippen molar-refractivity contribution in [2.45, 2.75) is 209 Å². The number of nitrogens with one attached hydrogen (secondary N) is 5. The van der Waals surface area contributed by atoms with E-state index in [1.807, 2.05) is 27.7 Å². The van der Waals surface area contributed by atoms with Crippen LogP contribution in [0.25, 0.3) is 0 Å². The van der Waals surface area contributed by atoms with Crippen molar-refractivity contribution in [3.63, 3.8) is 0 Å². The lowest BCUT2D eigenvalue weighted by Gasteiger charge is -2.42. The van der Waals surface area contributed by atoms with E-state index in [4.69, 9.17) is 14.9 Å². The number of urea groups is 2. The van der Waals surface area contributed by atoms with E-state index in [1.165, 1.54) is 4.68 Å². The number of amides is 5. The number of halogens is 7. The summed E-state index contributed by atoms with van der Waals surface area (Å²) in [4.78, 5) is 39.9. The van der Waals surface area contributed by atoms with Gasteiger partial charge in [-0.15, -0.1) is 0 Å². The second-order valence-electron chi connectivity index (χ2n) is 24.4. The predicted molar refractivity (Wildman–Crippen MR) is 261 cm³/mol. The van der Waals surface area contributed by atoms with Gasteiger partial charge in [0, 0.05) is 112 Å². The number of alkyl halides is 7. The molecule has 6 fully saturated rings. The number of carbonyl (C=O) groups is 3. The molecule has 6 N–H and O–H groups in total. The largest absolute Gasteiger partial charge is 0.446 e. The third-order valence-electron chi connectivity index (χ3n) is 16.1. The third kappa shape index (κ3) is 11.5. The van der Waals surface area contributed by atoms with Gasteiger partial charge in [0.25, 0.3) is 0 Å². The van der Waals surface area contributed by atoms with Crippen molar-refractivity contribution in [1.29, 1.82) is 0 Å². The smallest absolute Gasteiger partial charge is 0.413 e. The van der Waals surface area contributed by atoms with E-state index in [9.17, 15) is 50.2 Å². The van der Waals surface area contributed by atoms with Crippen LogP contribution in [0, 0.1) is 24.7 Å². The van der Waals surface area contributed by atoms with Crippen LogP contribution in [0.15, 0.2) is 0 Å². The Balaban J connectivity index is 0.966. The lowest BCUT2D eigenvalue weighted by molar-refractivity contribution is -0.0886. The SMILES string of the molecule is Cc1c(C2CC(F)(F)C2)nn(C(C)(C)CC2CC(c3c(C4CC(F)(F)C4)nn(CC4CC(c5c(C6CC(F)(F)C6)nn(C)c5NC(=O)NCC(C)C)C4)c3NC(=O)NCC(C)(C)O)C2)c1NC(=O)OC1CC(F)C1. The van der Waals surface area contributed by atoms with Gasteiger partial charge in [0.05, 0.1) is 28.2 Å². The molecule has 3 aromatic rings. The minimum atomic E-state index is -2.89. The van der Waals surface area contributed by atoms with Crippen LogP contribution in [-0.2, 0) is 23.9 Å². The van der Waals surface area contributed by atoms with Crippen molar-refractivity contribution in [3.8, 4) is 0 Å². The summed E-state index contributed by atoms with van der Waals surface area (Å²) in [6.45, 7) is 13.2. The molecule has 3 aromatic heterocycles. The zero-order valence-corrected chi connectivity index (χ0v) is 43.5. The topological polar surface area (TPSA) is 194 Å². The average Bonchev–Trinajstić information content (AvgIpc) is 3.84. The first-order chi connectivity index (χ1) is 34.4. The van der Waals surface area contributed by atoms with Gasteiger partial charge >= 0.3 is 18.2 Å². The van der Waals surface area contributed by atoms with E-state index in [2.05, 4.69) is 31.7 Å². The van der Waals surface area contributed by atoms with Crippen LogP contribution >= 0.6 is 0 Å². The molecule has 23 heteroatoms. The maximum absolute atomic E-state index is 14.7. The molecule has 0 spiro atoms. The highest BCUT2D eigenvalue weighted by Crippen LogP contribution is 2.58. The Bertz CT molecular complexity index is 2580. The average molecular weight is 1050 g/mol. The monoisotopic (exact) mass is 1050 g/mol. The third-order valence-corrected chi connectivity index (χ3v) is 16.1. The van der Waals surface area contributed by atoms with Crippen LogP contribution in [-0.4, -0.2) is 101 Å². The van der Waals surface area contributed by atoms with Gasteiger partial charge in [-0.25, -0.2) is 54.5 Å². The standard InChI is InChI=1S/C51H72F7N11O5/c1-25(2)22-59-44(70)61-42-36(39(64-67(42)8)32-18-50(55,56)19-32)30-11-28(12-30)23-68-43(62-45(71)60-24-48(6,7)73)37(40(65-68)33-20-51(57,58)21-33)29-9-27(10-29)15-47(4,5)69-41(63-46(72)74-35-13-34(52)14-35)26(3)38(66-69)31-16-49(53,54)17-31/h25,27-35,73H,9-24H2,1-8H3,(H,63,72)(H2,59,61,70)(H2,60,62,71). The molecular weight excluding hydrogens is 980 g/mol. The minimum absolute atomic E-state index is 0.0232. The summed E-state index contributed by atoms with van der Waals surface area (Å²) in [6.07, 6.45) is -1.72. The first-order valence-corrected chi connectivity index (χ1v) is 26.3. The fourth-order valence-electron chi connectivity index (χ4n) is 12.0. The molecule has 410 valence electrons. The number of aryl methyl sites for hydroxylation is 1. The fourth-order valence-corrected chi connectivity index (χ4v) is 12.0. The maximum atomic E-state index is 14.7. The highest BCUT2D eigenvalue weighted by atomic mass is 19.3. The molecule has 6 aliphatic carbocycles. The minimum Gasteiger partial charge on any atom is -0.446 e. The Morgan fingerprint density at radius 2 is 1.19 bits per heavy atom. The second kappa shape index (κ2) is 19.5. The zero-order valence-electron chi connectivity index (χ0n) is 43.5. The lowest BCUT2D eigenvalue weighted by Crippen LogP contribution is -2.41. The lowest BCUT2D eigenvalue weighted by atomic mass is 9.65. The van der Waals surface area contributed by atoms with E-state index < -0.39 is 89.9 Å². The molecule has 0 unspecified atom stereocenters. The van der Waals surface area contributed by atoms with Crippen LogP contribution in [0.4, 0.5) is 62.6 Å². The number of ether oxygens (including phenoxy) is 1. The van der Waals surface area contributed by atoms with Gasteiger partial charge in [-0.05, 0) is 96.3 Å². The summed E-state index contributed by atoms with van der Waals surface area (Å²) >= 11 is 0. The van der Waals surface area contributed by atoms with Crippen molar-refractivity contribution in [3.05, 3.63) is 33.8 Å². The summed E-state index contributed by atoms with van der Waals surface area (Å²) in [7, 11) is 1.67. The van der Waals surface area contributed by atoms with Crippen LogP contribution in [0.3, 0.4) is 0 Å². The highest BCUT2D eigenvalue weighted by Gasteiger charge is 2.53. The summed E-state index contributed by atoms with van der Waals surface area (Å²) in [6, 6.07) is -1.06. The Morgan fingerprint density at radius 3 is 1.72 bits per heavy atom. The number of rotatable bonds is 18. The van der Waals surface area contributed by atoms with E-state index in [-0.39, 0.29) is 81.2 Å². The van der Waals surface area contributed by atoms with Crippen LogP contribution < -0.4 is 26.6 Å². The molecule has 9 rings (SSSR count). The molecule has 0 atom stereocenters. The molecule has 0 aromatic carbocycles. The number of carbonyl (C=O) groups excluding carboxylic acids is 3. The molecule has 0 aliphatic heterocycles. The summed E-state index contributed by atoms with van der Waals surface area (Å²) in [5.74, 6) is -9.22. The Morgan fingerprint density at radius 1 is 0.689 bits per heavy atom. The van der Waals surface area contributed by atoms with Gasteiger partial charge in [0.15, 0.2) is 0 Å². The molecule has 6 saturated carbocycles. The zero-order chi connectivity index (χ0) is 53.6. The number of hydrogen-bond donors (Lipinski definition) is 6. The normalized spacial score (nSPS) is 26.4. The molecular formula is C51H72F7N11O5. The Kier molecular flexibility index (Phi) is 14.1. The van der Waals surface area contributed by atoms with Gasteiger partial charge < -0.3 is 20.5 Å². The second-order valence-corrected chi connectivity index (χ2v) is 24.4. The van der Waals surface area contributed by atoms with Crippen LogP contribution in [0.5, 0.6) is 0 Å². The van der Waals surface area contributed by atoms with Gasteiger partial charge in [-0.3, -0.25) is 20.6 Å². The number of hydrogen-bond acceptors (Lipinski definition) is 8. The van der Waals surface area contributed by atoms with E-state index in [0.717, 1.165) is 0 Å². The summed E-state index contributed by atoms with van der Waals surface area (Å²) < 4.78 is 110. The molecule has 0 radical (unpaired) electrons. The first-order valence-electron chi connectivity index (χ1n) is 26.3. The van der Waals surface area contributed by atoms with Crippen molar-refractivity contribution in [2.24, 2.45) is 24.8 Å². The predicted octanol–water partition coefficient (Wildman–Crippen LogP) is 10.9. The molecule has 3 heterocycles. The molecule has 5 amide bonds. The molecule has 16 nitrogen and oxygen atoms in total. The van der Waals surface area contributed by atoms with Crippen LogP contribution in [0.2, 0.25) is 0 Å². The maximum Gasteiger partial charge on any atom is 0.413 e. The van der Waals surface area contributed by atoms with Crippen molar-refractivity contribution in [2.75, 3.05) is 29.0 Å². The van der Waals surface area contributed by atoms with E-state index in [1.54, 1.807) is 37.2 Å². The fraction of sp³-hybridized carbons (Fsp3) is 0.765. The highest BCUT2D eigenvalue weighted by molar-refractivity contribution is 5.90. The van der Waals surface area contributed by atoms with Gasteiger partial charge in [-0.2, -0.15) is 15.3 Å². The van der Waals surface area contributed by atoms with Crippen molar-refractivity contribution >= 4 is 35.6 Å². The molecule has 0 saturated heterocycles. The van der Waals surface area contributed by atoms with Gasteiger partial charge in [0.2, 0.25) is 17.8 Å². The summed E-state index contributed by atoms with van der Waals surface area (Å²) in [5, 5.41) is 39.3. The quantitative estimate of drug-likeness (QED) is 0.0677. The molecule has 74 heavy (non-hydrogen) atoms. The molecule has 6 aliphatic rings. The van der Waals surface area contributed by atoms with E-state index >= 15 is 0 Å². The van der Waals surface area contributed by atoms with Gasteiger partial charge in [0.1, 0.15) is 29.7 Å². The van der Waals surface area contributed by atoms with Crippen molar-refractivity contribution in [1.82, 2.24) is 40.0 Å². The van der Waals surface area contributed by atoms with Crippen molar-refractivity contribution < 1.29 is 55.0 Å². The van der Waals surface area contributed by atoms with E-state index in [0.29, 0.717) is 89.9 Å². The number of nitrogens with zero attached hydrogens (tertiary/aromatic N) is 6. The number of aliphatic hydroxyl groups is 1. The van der Waals surface area contributed by atoms with Gasteiger partial charge in [-0.1, -0.05) is 13.8 Å². The first kappa shape index (κ1) is 53.7. The Labute approximate surface area is 426 Å². The Hall–Kier alpha value is -5.09. The number of anilines is 3. The molecule has 0 bridgehead atoms. The summed E-state index contributed by atoms with van der Waals surface area (Å²) in [5.41, 5.74) is 1.34. The number of aromatic nitrogens is 6.